The number of hydrogen-bond donors (Lipinski definition) is 1. The summed E-state index contributed by atoms with van der Waals surface area (Å²) in [6.45, 7) is 5.20. The number of rotatable bonds is 4. The Bertz CT molecular complexity index is 311. The lowest BCUT2D eigenvalue weighted by Gasteiger charge is -2.06. The Morgan fingerprint density at radius 1 is 1.71 bits per heavy atom. The Morgan fingerprint density at radius 2 is 2.43 bits per heavy atom. The van der Waals surface area contributed by atoms with Crippen molar-refractivity contribution in [2.75, 3.05) is 6.54 Å². The van der Waals surface area contributed by atoms with Crippen LogP contribution < -0.4 is 5.32 Å². The lowest BCUT2D eigenvalue weighted by Crippen LogP contribution is -2.26. The Balaban J connectivity index is 2.68. The fraction of sp³-hybridized carbons (Fsp3) is 0.556. The number of halogens is 1. The van der Waals surface area contributed by atoms with Crippen molar-refractivity contribution in [2.45, 2.75) is 25.8 Å². The molecule has 0 spiro atoms. The number of aryl methyl sites for hydroxylation is 1. The van der Waals surface area contributed by atoms with Gasteiger partial charge >= 0.3 is 0 Å². The quantitative estimate of drug-likeness (QED) is 0.771. The van der Waals surface area contributed by atoms with E-state index in [2.05, 4.69) is 10.4 Å². The fourth-order valence-corrected chi connectivity index (χ4v) is 1.29. The van der Waals surface area contributed by atoms with Crippen LogP contribution in [-0.2, 0) is 11.3 Å². The van der Waals surface area contributed by atoms with Gasteiger partial charge in [0.25, 0.3) is 0 Å². The minimum absolute atomic E-state index is 0.176. The first-order valence-corrected chi connectivity index (χ1v) is 5.06. The summed E-state index contributed by atoms with van der Waals surface area (Å²) in [6.07, 6.45) is 3.41. The van der Waals surface area contributed by atoms with Crippen LogP contribution in [0.4, 0.5) is 0 Å². The van der Waals surface area contributed by atoms with Crippen molar-refractivity contribution in [3.8, 4) is 0 Å². The second kappa shape index (κ2) is 5.00. The molecule has 4 nitrogen and oxygen atoms in total. The first kappa shape index (κ1) is 11.0. The molecule has 0 saturated carbocycles. The van der Waals surface area contributed by atoms with Gasteiger partial charge in [0, 0.05) is 24.8 Å². The number of amides is 1. The van der Waals surface area contributed by atoms with E-state index < -0.39 is 5.38 Å². The van der Waals surface area contributed by atoms with E-state index in [4.69, 9.17) is 11.6 Å². The normalized spacial score (nSPS) is 12.5. The Kier molecular flexibility index (Phi) is 3.95. The van der Waals surface area contributed by atoms with Gasteiger partial charge in [0.15, 0.2) is 0 Å². The lowest BCUT2D eigenvalue weighted by molar-refractivity contribution is -0.120. The second-order valence-corrected chi connectivity index (χ2v) is 3.32. The SMILES string of the molecule is CCNC(=O)C(Cl)c1cnn(CC)c1. The third-order valence-electron chi connectivity index (χ3n) is 1.85. The molecular weight excluding hydrogens is 202 g/mol. The van der Waals surface area contributed by atoms with Gasteiger partial charge in [-0.05, 0) is 13.8 Å². The monoisotopic (exact) mass is 215 g/mol. The molecule has 1 N–H and O–H groups in total. The number of aromatic nitrogens is 2. The minimum Gasteiger partial charge on any atom is -0.355 e. The molecule has 1 heterocycles. The molecule has 1 amide bonds. The fourth-order valence-electron chi connectivity index (χ4n) is 1.10. The van der Waals surface area contributed by atoms with Crippen LogP contribution in [0.5, 0.6) is 0 Å². The zero-order valence-corrected chi connectivity index (χ0v) is 9.08. The van der Waals surface area contributed by atoms with Crippen molar-refractivity contribution < 1.29 is 4.79 Å². The Hall–Kier alpha value is -1.03. The largest absolute Gasteiger partial charge is 0.355 e. The summed E-state index contributed by atoms with van der Waals surface area (Å²) in [7, 11) is 0. The van der Waals surface area contributed by atoms with Crippen molar-refractivity contribution in [3.05, 3.63) is 18.0 Å². The highest BCUT2D eigenvalue weighted by Crippen LogP contribution is 2.19. The zero-order chi connectivity index (χ0) is 10.6. The zero-order valence-electron chi connectivity index (χ0n) is 8.33. The molecule has 78 valence electrons. The van der Waals surface area contributed by atoms with E-state index in [1.165, 1.54) is 0 Å². The van der Waals surface area contributed by atoms with Gasteiger partial charge in [-0.2, -0.15) is 5.10 Å². The average molecular weight is 216 g/mol. The predicted octanol–water partition coefficient (Wildman–Crippen LogP) is 1.32. The van der Waals surface area contributed by atoms with E-state index in [-0.39, 0.29) is 5.91 Å². The summed E-state index contributed by atoms with van der Waals surface area (Å²) in [5.41, 5.74) is 0.736. The van der Waals surface area contributed by atoms with Crippen LogP contribution >= 0.6 is 11.6 Å². The molecule has 1 unspecified atom stereocenters. The number of likely N-dealkylation sites (N-methyl/N-ethyl adjacent to an activating group) is 1. The molecule has 0 aromatic carbocycles. The van der Waals surface area contributed by atoms with Crippen molar-refractivity contribution in [1.82, 2.24) is 15.1 Å². The second-order valence-electron chi connectivity index (χ2n) is 2.89. The summed E-state index contributed by atoms with van der Waals surface area (Å²) in [6, 6.07) is 0. The highest BCUT2D eigenvalue weighted by Gasteiger charge is 2.18. The molecule has 0 radical (unpaired) electrons. The lowest BCUT2D eigenvalue weighted by atomic mass is 10.2. The molecule has 0 bridgehead atoms. The van der Waals surface area contributed by atoms with Gasteiger partial charge in [0.05, 0.1) is 6.20 Å². The number of carbonyl (C=O) groups is 1. The summed E-state index contributed by atoms with van der Waals surface area (Å²) < 4.78 is 1.74. The number of alkyl halides is 1. The van der Waals surface area contributed by atoms with Crippen LogP contribution in [0, 0.1) is 0 Å². The maximum atomic E-state index is 11.4. The van der Waals surface area contributed by atoms with E-state index >= 15 is 0 Å². The molecule has 0 aliphatic rings. The molecular formula is C9H14ClN3O. The third-order valence-corrected chi connectivity index (χ3v) is 2.30. The van der Waals surface area contributed by atoms with Gasteiger partial charge < -0.3 is 5.32 Å². The Morgan fingerprint density at radius 3 is 2.93 bits per heavy atom. The van der Waals surface area contributed by atoms with Crippen molar-refractivity contribution in [2.24, 2.45) is 0 Å². The van der Waals surface area contributed by atoms with E-state index in [1.54, 1.807) is 17.1 Å². The van der Waals surface area contributed by atoms with E-state index in [0.717, 1.165) is 12.1 Å². The molecule has 0 saturated heterocycles. The van der Waals surface area contributed by atoms with Crippen molar-refractivity contribution in [1.29, 1.82) is 0 Å². The first-order valence-electron chi connectivity index (χ1n) is 4.63. The van der Waals surface area contributed by atoms with E-state index in [1.807, 2.05) is 13.8 Å². The van der Waals surface area contributed by atoms with Crippen LogP contribution in [-0.4, -0.2) is 22.2 Å². The molecule has 1 aromatic heterocycles. The van der Waals surface area contributed by atoms with Gasteiger partial charge in [-0.25, -0.2) is 0 Å². The van der Waals surface area contributed by atoms with Crippen LogP contribution in [0.25, 0.3) is 0 Å². The molecule has 1 atom stereocenters. The van der Waals surface area contributed by atoms with E-state index in [9.17, 15) is 4.79 Å². The number of hydrogen-bond acceptors (Lipinski definition) is 2. The smallest absolute Gasteiger partial charge is 0.242 e. The maximum absolute atomic E-state index is 11.4. The maximum Gasteiger partial charge on any atom is 0.242 e. The van der Waals surface area contributed by atoms with Gasteiger partial charge in [-0.1, -0.05) is 0 Å². The minimum atomic E-state index is -0.643. The third kappa shape index (κ3) is 2.48. The summed E-state index contributed by atoms with van der Waals surface area (Å²) in [4.78, 5) is 11.4. The summed E-state index contributed by atoms with van der Waals surface area (Å²) in [5.74, 6) is -0.176. The van der Waals surface area contributed by atoms with Crippen LogP contribution in [0.1, 0.15) is 24.8 Å². The number of nitrogens with one attached hydrogen (secondary N) is 1. The van der Waals surface area contributed by atoms with Crippen LogP contribution in [0.15, 0.2) is 12.4 Å². The van der Waals surface area contributed by atoms with Crippen LogP contribution in [0.2, 0.25) is 0 Å². The summed E-state index contributed by atoms with van der Waals surface area (Å²) >= 11 is 5.94. The predicted molar refractivity (Wildman–Crippen MR) is 55.2 cm³/mol. The standard InChI is InChI=1S/C9H14ClN3O/c1-3-11-9(14)8(10)7-5-12-13(4-2)6-7/h5-6,8H,3-4H2,1-2H3,(H,11,14). The average Bonchev–Trinajstić information content (AvgIpc) is 2.65. The highest BCUT2D eigenvalue weighted by atomic mass is 35.5. The van der Waals surface area contributed by atoms with Crippen molar-refractivity contribution >= 4 is 17.5 Å². The number of nitrogens with zero attached hydrogens (tertiary/aromatic N) is 2. The van der Waals surface area contributed by atoms with Gasteiger partial charge in [-0.3, -0.25) is 9.48 Å². The van der Waals surface area contributed by atoms with Crippen molar-refractivity contribution in [3.63, 3.8) is 0 Å². The molecule has 0 fully saturated rings. The number of carbonyl (C=O) groups excluding carboxylic acids is 1. The van der Waals surface area contributed by atoms with E-state index in [0.29, 0.717) is 6.54 Å². The first-order chi connectivity index (χ1) is 6.69. The topological polar surface area (TPSA) is 46.9 Å². The van der Waals surface area contributed by atoms with Gasteiger partial charge in [-0.15, -0.1) is 11.6 Å². The Labute approximate surface area is 88.2 Å². The molecule has 0 aliphatic heterocycles. The van der Waals surface area contributed by atoms with Crippen LogP contribution in [0.3, 0.4) is 0 Å². The van der Waals surface area contributed by atoms with Gasteiger partial charge in [0.2, 0.25) is 5.91 Å². The van der Waals surface area contributed by atoms with Gasteiger partial charge in [0.1, 0.15) is 5.38 Å². The molecule has 14 heavy (non-hydrogen) atoms. The molecule has 1 aromatic rings. The molecule has 5 heteroatoms. The molecule has 0 aliphatic carbocycles. The highest BCUT2D eigenvalue weighted by molar-refractivity contribution is 6.30. The summed E-state index contributed by atoms with van der Waals surface area (Å²) in [5, 5.41) is 6.07. The molecule has 1 rings (SSSR count).